The number of isocyanates is 1. The summed E-state index contributed by atoms with van der Waals surface area (Å²) in [4.78, 5) is 17.8. The average Bonchev–Trinajstić information content (AvgIpc) is 2.19. The van der Waals surface area contributed by atoms with Crippen LogP contribution in [-0.4, -0.2) is 11.1 Å². The summed E-state index contributed by atoms with van der Waals surface area (Å²) in [5.74, 6) is 0. The van der Waals surface area contributed by atoms with Crippen LogP contribution in [0.3, 0.4) is 0 Å². The minimum absolute atomic E-state index is 0.535. The standard InChI is InChI=1S/C10H5ClN2O/c11-7-1-2-9-8(5-7)10(13-6-14)3-4-12-9/h1-5H. The van der Waals surface area contributed by atoms with Gasteiger partial charge in [-0.25, -0.2) is 4.79 Å². The van der Waals surface area contributed by atoms with Gasteiger partial charge >= 0.3 is 0 Å². The van der Waals surface area contributed by atoms with E-state index in [1.54, 1.807) is 30.5 Å². The highest BCUT2D eigenvalue weighted by atomic mass is 35.5. The second-order valence-electron chi connectivity index (χ2n) is 2.69. The Balaban J connectivity index is 2.83. The molecular weight excluding hydrogens is 200 g/mol. The first kappa shape index (κ1) is 8.88. The van der Waals surface area contributed by atoms with Gasteiger partial charge in [0.2, 0.25) is 6.08 Å². The van der Waals surface area contributed by atoms with Crippen molar-refractivity contribution >= 4 is 34.3 Å². The summed E-state index contributed by atoms with van der Waals surface area (Å²) in [5, 5.41) is 1.34. The molecule has 2 aromatic rings. The molecule has 0 unspecified atom stereocenters. The molecule has 0 amide bonds. The first-order valence-corrected chi connectivity index (χ1v) is 4.31. The highest BCUT2D eigenvalue weighted by Gasteiger charge is 2.00. The maximum absolute atomic E-state index is 10.2. The number of rotatable bonds is 1. The van der Waals surface area contributed by atoms with Crippen LogP contribution < -0.4 is 0 Å². The number of aromatic nitrogens is 1. The second-order valence-corrected chi connectivity index (χ2v) is 3.13. The second kappa shape index (κ2) is 3.58. The molecule has 0 radical (unpaired) electrons. The average molecular weight is 205 g/mol. The van der Waals surface area contributed by atoms with E-state index in [4.69, 9.17) is 11.6 Å². The number of carbonyl (C=O) groups excluding carboxylic acids is 1. The molecule has 0 fully saturated rings. The third-order valence-electron chi connectivity index (χ3n) is 1.85. The lowest BCUT2D eigenvalue weighted by molar-refractivity contribution is 0.565. The van der Waals surface area contributed by atoms with E-state index in [-0.39, 0.29) is 0 Å². The molecule has 0 aliphatic rings. The molecule has 0 aliphatic carbocycles. The summed E-state index contributed by atoms with van der Waals surface area (Å²) >= 11 is 5.82. The van der Waals surface area contributed by atoms with E-state index in [0.29, 0.717) is 10.7 Å². The lowest BCUT2D eigenvalue weighted by Crippen LogP contribution is -1.78. The lowest BCUT2D eigenvalue weighted by Gasteiger charge is -1.99. The van der Waals surface area contributed by atoms with Crippen molar-refractivity contribution in [2.24, 2.45) is 4.99 Å². The van der Waals surface area contributed by atoms with Crippen LogP contribution in [0.2, 0.25) is 5.02 Å². The molecule has 1 aromatic heterocycles. The topological polar surface area (TPSA) is 42.3 Å². The predicted molar refractivity (Wildman–Crippen MR) is 54.5 cm³/mol. The normalized spacial score (nSPS) is 9.79. The number of benzene rings is 1. The predicted octanol–water partition coefficient (Wildman–Crippen LogP) is 2.86. The Hall–Kier alpha value is -1.70. The summed E-state index contributed by atoms with van der Waals surface area (Å²) in [5.41, 5.74) is 1.29. The highest BCUT2D eigenvalue weighted by Crippen LogP contribution is 2.26. The van der Waals surface area contributed by atoms with Gasteiger partial charge in [0.15, 0.2) is 0 Å². The highest BCUT2D eigenvalue weighted by molar-refractivity contribution is 6.31. The van der Waals surface area contributed by atoms with Crippen LogP contribution in [0.25, 0.3) is 10.9 Å². The third kappa shape index (κ3) is 1.51. The Kier molecular flexibility index (Phi) is 2.27. The number of aliphatic imine (C=N–C) groups is 1. The minimum Gasteiger partial charge on any atom is -0.256 e. The third-order valence-corrected chi connectivity index (χ3v) is 2.08. The van der Waals surface area contributed by atoms with Crippen LogP contribution in [0.4, 0.5) is 5.69 Å². The van der Waals surface area contributed by atoms with Crippen molar-refractivity contribution in [3.63, 3.8) is 0 Å². The molecule has 0 atom stereocenters. The fourth-order valence-electron chi connectivity index (χ4n) is 1.25. The zero-order valence-corrected chi connectivity index (χ0v) is 7.82. The number of hydrogen-bond acceptors (Lipinski definition) is 3. The van der Waals surface area contributed by atoms with Crippen LogP contribution in [-0.2, 0) is 4.79 Å². The molecule has 4 heteroatoms. The maximum Gasteiger partial charge on any atom is 0.240 e. The van der Waals surface area contributed by atoms with Gasteiger partial charge in [0.25, 0.3) is 0 Å². The van der Waals surface area contributed by atoms with E-state index in [1.165, 1.54) is 6.08 Å². The summed E-state index contributed by atoms with van der Waals surface area (Å²) in [7, 11) is 0. The molecular formula is C10H5ClN2O. The molecule has 0 saturated heterocycles. The lowest BCUT2D eigenvalue weighted by atomic mass is 10.2. The van der Waals surface area contributed by atoms with Crippen molar-refractivity contribution in [2.75, 3.05) is 0 Å². The van der Waals surface area contributed by atoms with Crippen molar-refractivity contribution in [2.45, 2.75) is 0 Å². The Morgan fingerprint density at radius 3 is 3.00 bits per heavy atom. The fraction of sp³-hybridized carbons (Fsp3) is 0. The monoisotopic (exact) mass is 204 g/mol. The molecule has 14 heavy (non-hydrogen) atoms. The maximum atomic E-state index is 10.2. The van der Waals surface area contributed by atoms with Crippen LogP contribution in [0, 0.1) is 0 Å². The molecule has 2 rings (SSSR count). The molecule has 0 bridgehead atoms. The number of nitrogens with zero attached hydrogens (tertiary/aromatic N) is 2. The molecule has 0 aliphatic heterocycles. The fourth-order valence-corrected chi connectivity index (χ4v) is 1.42. The van der Waals surface area contributed by atoms with Crippen molar-refractivity contribution < 1.29 is 4.79 Å². The van der Waals surface area contributed by atoms with Crippen LogP contribution in [0.15, 0.2) is 35.5 Å². The van der Waals surface area contributed by atoms with E-state index in [0.717, 1.165) is 10.9 Å². The van der Waals surface area contributed by atoms with Gasteiger partial charge in [0.1, 0.15) is 0 Å². The Morgan fingerprint density at radius 1 is 1.36 bits per heavy atom. The van der Waals surface area contributed by atoms with E-state index in [9.17, 15) is 4.79 Å². The van der Waals surface area contributed by atoms with Crippen molar-refractivity contribution in [3.05, 3.63) is 35.5 Å². The zero-order chi connectivity index (χ0) is 9.97. The summed E-state index contributed by atoms with van der Waals surface area (Å²) in [6, 6.07) is 6.89. The van der Waals surface area contributed by atoms with Gasteiger partial charge in [-0.1, -0.05) is 11.6 Å². The van der Waals surface area contributed by atoms with Crippen molar-refractivity contribution in [1.82, 2.24) is 4.98 Å². The SMILES string of the molecule is O=C=Nc1ccnc2ccc(Cl)cc12. The number of hydrogen-bond donors (Lipinski definition) is 0. The van der Waals surface area contributed by atoms with Gasteiger partial charge in [-0.2, -0.15) is 4.99 Å². The quantitative estimate of drug-likeness (QED) is 0.530. The van der Waals surface area contributed by atoms with Gasteiger partial charge in [-0.05, 0) is 24.3 Å². The summed E-state index contributed by atoms with van der Waals surface area (Å²) in [6.45, 7) is 0. The zero-order valence-electron chi connectivity index (χ0n) is 7.07. The Bertz CT molecular complexity index is 533. The smallest absolute Gasteiger partial charge is 0.240 e. The van der Waals surface area contributed by atoms with Gasteiger partial charge in [0, 0.05) is 16.6 Å². The van der Waals surface area contributed by atoms with Gasteiger partial charge in [-0.3, -0.25) is 4.98 Å². The molecule has 1 aromatic carbocycles. The summed E-state index contributed by atoms with van der Waals surface area (Å²) < 4.78 is 0. The minimum atomic E-state index is 0.535. The van der Waals surface area contributed by atoms with E-state index >= 15 is 0 Å². The molecule has 3 nitrogen and oxygen atoms in total. The number of halogens is 1. The molecule has 0 N–H and O–H groups in total. The van der Waals surface area contributed by atoms with E-state index < -0.39 is 0 Å². The largest absolute Gasteiger partial charge is 0.256 e. The van der Waals surface area contributed by atoms with Crippen molar-refractivity contribution in [3.8, 4) is 0 Å². The first-order valence-electron chi connectivity index (χ1n) is 3.93. The Labute approximate surface area is 85.1 Å². The van der Waals surface area contributed by atoms with Gasteiger partial charge in [-0.15, -0.1) is 0 Å². The Morgan fingerprint density at radius 2 is 2.21 bits per heavy atom. The van der Waals surface area contributed by atoms with E-state index in [1.807, 2.05) is 0 Å². The first-order chi connectivity index (χ1) is 6.81. The van der Waals surface area contributed by atoms with E-state index in [2.05, 4.69) is 9.98 Å². The molecule has 68 valence electrons. The van der Waals surface area contributed by atoms with Crippen LogP contribution in [0.5, 0.6) is 0 Å². The molecule has 1 heterocycles. The number of fused-ring (bicyclic) bond motifs is 1. The van der Waals surface area contributed by atoms with Crippen LogP contribution in [0.1, 0.15) is 0 Å². The number of pyridine rings is 1. The van der Waals surface area contributed by atoms with Gasteiger partial charge < -0.3 is 0 Å². The van der Waals surface area contributed by atoms with Crippen LogP contribution >= 0.6 is 11.6 Å². The summed E-state index contributed by atoms with van der Waals surface area (Å²) in [6.07, 6.45) is 3.09. The molecule has 0 spiro atoms. The molecule has 0 saturated carbocycles. The van der Waals surface area contributed by atoms with Gasteiger partial charge in [0.05, 0.1) is 11.2 Å². The van der Waals surface area contributed by atoms with Crippen molar-refractivity contribution in [1.29, 1.82) is 0 Å².